The number of hydrogen-bond acceptors (Lipinski definition) is 4. The zero-order valence-electron chi connectivity index (χ0n) is 11.5. The molecule has 6 nitrogen and oxygen atoms in total. The van der Waals surface area contributed by atoms with E-state index in [0.717, 1.165) is 31.4 Å². The van der Waals surface area contributed by atoms with Crippen LogP contribution in [0.2, 0.25) is 0 Å². The van der Waals surface area contributed by atoms with Gasteiger partial charge in [0.1, 0.15) is 0 Å². The zero-order chi connectivity index (χ0) is 14.5. The molecule has 1 aliphatic heterocycles. The third-order valence-electron chi connectivity index (χ3n) is 3.57. The zero-order valence-corrected chi connectivity index (χ0v) is 11.5. The van der Waals surface area contributed by atoms with Gasteiger partial charge in [0, 0.05) is 12.1 Å². The van der Waals surface area contributed by atoms with Crippen molar-refractivity contribution in [3.05, 3.63) is 39.9 Å². The SMILES string of the molecule is CC(NC(=O)C1CCCCN1)c1cccc([N+](=O)[O-])c1. The van der Waals surface area contributed by atoms with Crippen LogP contribution in [-0.2, 0) is 4.79 Å². The maximum atomic E-state index is 12.1. The quantitative estimate of drug-likeness (QED) is 0.650. The first-order valence-corrected chi connectivity index (χ1v) is 6.86. The molecule has 1 heterocycles. The summed E-state index contributed by atoms with van der Waals surface area (Å²) in [6, 6.07) is 5.97. The Morgan fingerprint density at radius 3 is 2.95 bits per heavy atom. The van der Waals surface area contributed by atoms with E-state index in [1.807, 2.05) is 6.92 Å². The largest absolute Gasteiger partial charge is 0.348 e. The normalized spacial score (nSPS) is 20.1. The van der Waals surface area contributed by atoms with E-state index in [-0.39, 0.29) is 23.7 Å². The number of benzene rings is 1. The molecule has 0 bridgehead atoms. The van der Waals surface area contributed by atoms with Gasteiger partial charge in [-0.2, -0.15) is 0 Å². The number of nitrogens with zero attached hydrogens (tertiary/aromatic N) is 1. The third kappa shape index (κ3) is 3.54. The molecule has 1 aromatic rings. The molecule has 0 aliphatic carbocycles. The van der Waals surface area contributed by atoms with Gasteiger partial charge in [-0.05, 0) is 31.9 Å². The molecule has 6 heteroatoms. The third-order valence-corrected chi connectivity index (χ3v) is 3.57. The predicted molar refractivity (Wildman–Crippen MR) is 75.3 cm³/mol. The summed E-state index contributed by atoms with van der Waals surface area (Å²) < 4.78 is 0. The van der Waals surface area contributed by atoms with Gasteiger partial charge in [0.15, 0.2) is 0 Å². The number of nitro groups is 1. The molecule has 1 aliphatic rings. The van der Waals surface area contributed by atoms with Crippen molar-refractivity contribution in [2.75, 3.05) is 6.54 Å². The van der Waals surface area contributed by atoms with Crippen molar-refractivity contribution < 1.29 is 9.72 Å². The van der Waals surface area contributed by atoms with Crippen LogP contribution >= 0.6 is 0 Å². The molecule has 2 unspecified atom stereocenters. The fourth-order valence-corrected chi connectivity index (χ4v) is 2.38. The van der Waals surface area contributed by atoms with Crippen molar-refractivity contribution in [3.8, 4) is 0 Å². The van der Waals surface area contributed by atoms with Crippen molar-refractivity contribution in [1.82, 2.24) is 10.6 Å². The Hall–Kier alpha value is -1.95. The Kier molecular flexibility index (Phi) is 4.68. The highest BCUT2D eigenvalue weighted by molar-refractivity contribution is 5.82. The molecule has 0 saturated carbocycles. The molecule has 0 radical (unpaired) electrons. The fourth-order valence-electron chi connectivity index (χ4n) is 2.38. The van der Waals surface area contributed by atoms with Crippen LogP contribution in [0.3, 0.4) is 0 Å². The summed E-state index contributed by atoms with van der Waals surface area (Å²) in [4.78, 5) is 22.4. The summed E-state index contributed by atoms with van der Waals surface area (Å²) in [7, 11) is 0. The number of carbonyl (C=O) groups excluding carboxylic acids is 1. The molecule has 2 N–H and O–H groups in total. The van der Waals surface area contributed by atoms with Crippen LogP contribution in [0.25, 0.3) is 0 Å². The second-order valence-corrected chi connectivity index (χ2v) is 5.08. The van der Waals surface area contributed by atoms with Crippen molar-refractivity contribution in [3.63, 3.8) is 0 Å². The lowest BCUT2D eigenvalue weighted by atomic mass is 10.0. The van der Waals surface area contributed by atoms with E-state index in [0.29, 0.717) is 0 Å². The van der Waals surface area contributed by atoms with E-state index in [1.54, 1.807) is 12.1 Å². The molecule has 108 valence electrons. The number of rotatable bonds is 4. The summed E-state index contributed by atoms with van der Waals surface area (Å²) in [6.45, 7) is 2.70. The number of piperidine rings is 1. The molecule has 2 rings (SSSR count). The number of nitro benzene ring substituents is 1. The highest BCUT2D eigenvalue weighted by atomic mass is 16.6. The predicted octanol–water partition coefficient (Wildman–Crippen LogP) is 1.91. The Morgan fingerprint density at radius 1 is 1.50 bits per heavy atom. The van der Waals surface area contributed by atoms with Crippen molar-refractivity contribution in [2.45, 2.75) is 38.3 Å². The monoisotopic (exact) mass is 277 g/mol. The standard InChI is InChI=1S/C14H19N3O3/c1-10(11-5-4-6-12(9-11)17(19)20)16-14(18)13-7-2-3-8-15-13/h4-6,9-10,13,15H,2-3,7-8H2,1H3,(H,16,18). The van der Waals surface area contributed by atoms with E-state index >= 15 is 0 Å². The van der Waals surface area contributed by atoms with Crippen LogP contribution in [0.15, 0.2) is 24.3 Å². The van der Waals surface area contributed by atoms with Crippen molar-refractivity contribution >= 4 is 11.6 Å². The Bertz CT molecular complexity index is 498. The van der Waals surface area contributed by atoms with E-state index in [2.05, 4.69) is 10.6 Å². The minimum Gasteiger partial charge on any atom is -0.348 e. The smallest absolute Gasteiger partial charge is 0.269 e. The van der Waals surface area contributed by atoms with Crippen LogP contribution in [0.1, 0.15) is 37.8 Å². The Balaban J connectivity index is 2.00. The summed E-state index contributed by atoms with van der Waals surface area (Å²) in [6.07, 6.45) is 2.99. The van der Waals surface area contributed by atoms with Crippen LogP contribution in [0, 0.1) is 10.1 Å². The van der Waals surface area contributed by atoms with Crippen LogP contribution in [-0.4, -0.2) is 23.4 Å². The minimum absolute atomic E-state index is 0.0382. The first-order valence-electron chi connectivity index (χ1n) is 6.86. The van der Waals surface area contributed by atoms with E-state index in [1.165, 1.54) is 12.1 Å². The van der Waals surface area contributed by atoms with Crippen LogP contribution < -0.4 is 10.6 Å². The van der Waals surface area contributed by atoms with Crippen LogP contribution in [0.5, 0.6) is 0 Å². The number of amides is 1. The molecule has 0 aromatic heterocycles. The average molecular weight is 277 g/mol. The van der Waals surface area contributed by atoms with Gasteiger partial charge in [-0.3, -0.25) is 14.9 Å². The average Bonchev–Trinajstić information content (AvgIpc) is 2.48. The molecule has 1 saturated heterocycles. The highest BCUT2D eigenvalue weighted by Crippen LogP contribution is 2.19. The summed E-state index contributed by atoms with van der Waals surface area (Å²) in [5.74, 6) is -0.0382. The molecule has 1 amide bonds. The molecule has 1 aromatic carbocycles. The summed E-state index contributed by atoms with van der Waals surface area (Å²) in [5, 5.41) is 16.8. The van der Waals surface area contributed by atoms with Crippen molar-refractivity contribution in [2.24, 2.45) is 0 Å². The maximum Gasteiger partial charge on any atom is 0.269 e. The van der Waals surface area contributed by atoms with Gasteiger partial charge in [-0.15, -0.1) is 0 Å². The van der Waals surface area contributed by atoms with Gasteiger partial charge in [-0.25, -0.2) is 0 Å². The Labute approximate surface area is 117 Å². The highest BCUT2D eigenvalue weighted by Gasteiger charge is 2.22. The van der Waals surface area contributed by atoms with Crippen LogP contribution in [0.4, 0.5) is 5.69 Å². The van der Waals surface area contributed by atoms with Gasteiger partial charge in [0.05, 0.1) is 17.0 Å². The minimum atomic E-state index is -0.430. The molecule has 2 atom stereocenters. The number of hydrogen-bond donors (Lipinski definition) is 2. The topological polar surface area (TPSA) is 84.3 Å². The van der Waals surface area contributed by atoms with E-state index < -0.39 is 4.92 Å². The van der Waals surface area contributed by atoms with Gasteiger partial charge in [0.25, 0.3) is 5.69 Å². The molecular formula is C14H19N3O3. The molecular weight excluding hydrogens is 258 g/mol. The molecule has 0 spiro atoms. The number of nitrogens with one attached hydrogen (secondary N) is 2. The fraction of sp³-hybridized carbons (Fsp3) is 0.500. The van der Waals surface area contributed by atoms with Crippen molar-refractivity contribution in [1.29, 1.82) is 0 Å². The lowest BCUT2D eigenvalue weighted by Gasteiger charge is -2.24. The first-order chi connectivity index (χ1) is 9.58. The van der Waals surface area contributed by atoms with Gasteiger partial charge in [-0.1, -0.05) is 18.6 Å². The van der Waals surface area contributed by atoms with Gasteiger partial charge >= 0.3 is 0 Å². The maximum absolute atomic E-state index is 12.1. The molecule has 20 heavy (non-hydrogen) atoms. The molecule has 1 fully saturated rings. The number of carbonyl (C=O) groups is 1. The lowest BCUT2D eigenvalue weighted by Crippen LogP contribution is -2.47. The van der Waals surface area contributed by atoms with Gasteiger partial charge in [0.2, 0.25) is 5.91 Å². The van der Waals surface area contributed by atoms with E-state index in [9.17, 15) is 14.9 Å². The number of non-ortho nitro benzene ring substituents is 1. The van der Waals surface area contributed by atoms with Gasteiger partial charge < -0.3 is 10.6 Å². The second-order valence-electron chi connectivity index (χ2n) is 5.08. The first kappa shape index (κ1) is 14.5. The lowest BCUT2D eigenvalue weighted by molar-refractivity contribution is -0.384. The van der Waals surface area contributed by atoms with E-state index in [4.69, 9.17) is 0 Å². The summed E-state index contributed by atoms with van der Waals surface area (Å²) >= 11 is 0. The summed E-state index contributed by atoms with van der Waals surface area (Å²) in [5.41, 5.74) is 0.780. The second kappa shape index (κ2) is 6.47. The Morgan fingerprint density at radius 2 is 2.30 bits per heavy atom.